The van der Waals surface area contributed by atoms with Gasteiger partial charge in [-0.15, -0.1) is 0 Å². The fourth-order valence-electron chi connectivity index (χ4n) is 3.15. The number of aliphatic hydroxyl groups is 1. The number of hydrogen-bond donors (Lipinski definition) is 1. The van der Waals surface area contributed by atoms with E-state index in [2.05, 4.69) is 19.1 Å². The molecule has 3 unspecified atom stereocenters. The first-order valence-electron chi connectivity index (χ1n) is 5.10. The summed E-state index contributed by atoms with van der Waals surface area (Å²) in [5.41, 5.74) is 0.466. The van der Waals surface area contributed by atoms with Gasteiger partial charge in [0.25, 0.3) is 0 Å². The van der Waals surface area contributed by atoms with Crippen LogP contribution in [-0.4, -0.2) is 11.7 Å². The largest absolute Gasteiger partial charge is 0.396 e. The second-order valence-electron chi connectivity index (χ2n) is 4.38. The summed E-state index contributed by atoms with van der Waals surface area (Å²) in [4.78, 5) is 0. The van der Waals surface area contributed by atoms with E-state index in [0.717, 1.165) is 18.3 Å². The van der Waals surface area contributed by atoms with Crippen molar-refractivity contribution in [3.05, 3.63) is 12.2 Å². The molecule has 2 bridgehead atoms. The van der Waals surface area contributed by atoms with Gasteiger partial charge in [0.15, 0.2) is 0 Å². The highest BCUT2D eigenvalue weighted by Gasteiger charge is 2.46. The fraction of sp³-hybridized carbons (Fsp3) is 0.818. The molecule has 2 aliphatic rings. The normalized spacial score (nSPS) is 44.2. The van der Waals surface area contributed by atoms with Crippen LogP contribution in [0.25, 0.3) is 0 Å². The van der Waals surface area contributed by atoms with Gasteiger partial charge in [0.1, 0.15) is 0 Å². The summed E-state index contributed by atoms with van der Waals surface area (Å²) in [5.74, 6) is 1.61. The summed E-state index contributed by atoms with van der Waals surface area (Å²) in [6, 6.07) is 0. The molecule has 0 aromatic carbocycles. The van der Waals surface area contributed by atoms with Gasteiger partial charge in [0.05, 0.1) is 0 Å². The summed E-state index contributed by atoms with van der Waals surface area (Å²) >= 11 is 0. The molecular formula is C11H18O. The topological polar surface area (TPSA) is 20.2 Å². The van der Waals surface area contributed by atoms with Crippen LogP contribution in [-0.2, 0) is 0 Å². The lowest BCUT2D eigenvalue weighted by Crippen LogP contribution is -2.26. The van der Waals surface area contributed by atoms with E-state index >= 15 is 0 Å². The number of aliphatic hydroxyl groups excluding tert-OH is 1. The van der Waals surface area contributed by atoms with Crippen LogP contribution >= 0.6 is 0 Å². The molecule has 2 aliphatic carbocycles. The van der Waals surface area contributed by atoms with Gasteiger partial charge in [-0.3, -0.25) is 0 Å². The number of allylic oxidation sites excluding steroid dienone is 2. The van der Waals surface area contributed by atoms with E-state index < -0.39 is 0 Å². The number of fused-ring (bicyclic) bond motifs is 2. The highest BCUT2D eigenvalue weighted by Crippen LogP contribution is 2.55. The van der Waals surface area contributed by atoms with Crippen LogP contribution < -0.4 is 0 Å². The zero-order chi connectivity index (χ0) is 8.60. The summed E-state index contributed by atoms with van der Waals surface area (Å²) in [6.45, 7) is 2.63. The molecule has 68 valence electrons. The maximum absolute atomic E-state index is 9.03. The molecule has 0 spiro atoms. The van der Waals surface area contributed by atoms with Gasteiger partial charge in [0, 0.05) is 6.61 Å². The Bertz CT molecular complexity index is 197. The predicted molar refractivity (Wildman–Crippen MR) is 49.8 cm³/mol. The van der Waals surface area contributed by atoms with Crippen LogP contribution in [0.15, 0.2) is 12.2 Å². The molecule has 0 heterocycles. The summed E-state index contributed by atoms with van der Waals surface area (Å²) in [6.07, 6.45) is 9.68. The molecule has 0 aromatic rings. The molecule has 1 heteroatoms. The quantitative estimate of drug-likeness (QED) is 0.638. The van der Waals surface area contributed by atoms with Crippen LogP contribution in [0, 0.1) is 17.3 Å². The summed E-state index contributed by atoms with van der Waals surface area (Å²) < 4.78 is 0. The van der Waals surface area contributed by atoms with E-state index in [4.69, 9.17) is 5.11 Å². The van der Waals surface area contributed by atoms with Crippen molar-refractivity contribution in [1.82, 2.24) is 0 Å². The molecule has 1 fully saturated rings. The molecule has 0 radical (unpaired) electrons. The predicted octanol–water partition coefficient (Wildman–Crippen LogP) is 2.36. The van der Waals surface area contributed by atoms with Gasteiger partial charge >= 0.3 is 0 Å². The van der Waals surface area contributed by atoms with Crippen molar-refractivity contribution in [2.75, 3.05) is 6.61 Å². The molecule has 1 N–H and O–H groups in total. The second kappa shape index (κ2) is 2.88. The van der Waals surface area contributed by atoms with Crippen LogP contribution in [0.5, 0.6) is 0 Å². The fourth-order valence-corrected chi connectivity index (χ4v) is 3.15. The minimum absolute atomic E-state index is 0.366. The molecule has 1 nitrogen and oxygen atoms in total. The lowest BCUT2D eigenvalue weighted by Gasteiger charge is -2.34. The van der Waals surface area contributed by atoms with Gasteiger partial charge in [-0.05, 0) is 42.9 Å². The highest BCUT2D eigenvalue weighted by molar-refractivity contribution is 5.15. The zero-order valence-electron chi connectivity index (χ0n) is 7.79. The third kappa shape index (κ3) is 1.03. The van der Waals surface area contributed by atoms with Crippen LogP contribution in [0.4, 0.5) is 0 Å². The van der Waals surface area contributed by atoms with E-state index in [-0.39, 0.29) is 0 Å². The van der Waals surface area contributed by atoms with Gasteiger partial charge in [-0.1, -0.05) is 19.1 Å². The lowest BCUT2D eigenvalue weighted by atomic mass is 9.71. The van der Waals surface area contributed by atoms with Gasteiger partial charge in [-0.25, -0.2) is 0 Å². The molecule has 0 aliphatic heterocycles. The highest BCUT2D eigenvalue weighted by atomic mass is 16.3. The first kappa shape index (κ1) is 8.31. The van der Waals surface area contributed by atoms with Crippen molar-refractivity contribution in [3.63, 3.8) is 0 Å². The van der Waals surface area contributed by atoms with E-state index in [9.17, 15) is 0 Å². The Balaban J connectivity index is 2.14. The Labute approximate surface area is 74.5 Å². The Kier molecular flexibility index (Phi) is 1.99. The SMILES string of the molecule is CCC1(CCO)CC2C=CC1C2. The van der Waals surface area contributed by atoms with Gasteiger partial charge < -0.3 is 5.11 Å². The maximum atomic E-state index is 9.03. The van der Waals surface area contributed by atoms with Crippen molar-refractivity contribution in [2.24, 2.45) is 17.3 Å². The smallest absolute Gasteiger partial charge is 0.0436 e. The minimum Gasteiger partial charge on any atom is -0.396 e. The molecule has 0 saturated heterocycles. The monoisotopic (exact) mass is 166 g/mol. The van der Waals surface area contributed by atoms with E-state index in [1.165, 1.54) is 19.3 Å². The Morgan fingerprint density at radius 2 is 2.33 bits per heavy atom. The Morgan fingerprint density at radius 1 is 1.50 bits per heavy atom. The van der Waals surface area contributed by atoms with E-state index in [0.29, 0.717) is 12.0 Å². The van der Waals surface area contributed by atoms with Crippen molar-refractivity contribution < 1.29 is 5.11 Å². The minimum atomic E-state index is 0.366. The standard InChI is InChI=1S/C11H18O/c1-2-11(5-6-12)8-9-3-4-10(11)7-9/h3-4,9-10,12H,2,5-8H2,1H3. The van der Waals surface area contributed by atoms with Crippen LogP contribution in [0.1, 0.15) is 32.6 Å². The van der Waals surface area contributed by atoms with E-state index in [1.807, 2.05) is 0 Å². The molecule has 0 aromatic heterocycles. The zero-order valence-corrected chi connectivity index (χ0v) is 7.79. The van der Waals surface area contributed by atoms with Crippen LogP contribution in [0.3, 0.4) is 0 Å². The summed E-state index contributed by atoms with van der Waals surface area (Å²) in [7, 11) is 0. The average molecular weight is 166 g/mol. The summed E-state index contributed by atoms with van der Waals surface area (Å²) in [5, 5.41) is 9.03. The van der Waals surface area contributed by atoms with E-state index in [1.54, 1.807) is 0 Å². The molecule has 3 atom stereocenters. The van der Waals surface area contributed by atoms with Gasteiger partial charge in [-0.2, -0.15) is 0 Å². The average Bonchev–Trinajstić information content (AvgIpc) is 2.64. The maximum Gasteiger partial charge on any atom is 0.0436 e. The first-order valence-corrected chi connectivity index (χ1v) is 5.10. The number of rotatable bonds is 3. The number of hydrogen-bond acceptors (Lipinski definition) is 1. The second-order valence-corrected chi connectivity index (χ2v) is 4.38. The van der Waals surface area contributed by atoms with Crippen LogP contribution in [0.2, 0.25) is 0 Å². The molecule has 12 heavy (non-hydrogen) atoms. The third-order valence-corrected chi connectivity index (χ3v) is 3.94. The molecule has 0 amide bonds. The van der Waals surface area contributed by atoms with Gasteiger partial charge in [0.2, 0.25) is 0 Å². The molecule has 2 rings (SSSR count). The van der Waals surface area contributed by atoms with Crippen molar-refractivity contribution in [2.45, 2.75) is 32.6 Å². The molecule has 1 saturated carbocycles. The van der Waals surface area contributed by atoms with Crippen molar-refractivity contribution >= 4 is 0 Å². The van der Waals surface area contributed by atoms with Crippen molar-refractivity contribution in [3.8, 4) is 0 Å². The lowest BCUT2D eigenvalue weighted by molar-refractivity contribution is 0.144. The first-order chi connectivity index (χ1) is 5.80. The Morgan fingerprint density at radius 3 is 2.75 bits per heavy atom. The van der Waals surface area contributed by atoms with Crippen molar-refractivity contribution in [1.29, 1.82) is 0 Å². The third-order valence-electron chi connectivity index (χ3n) is 3.94. The Hall–Kier alpha value is -0.300. The molecular weight excluding hydrogens is 148 g/mol.